The fourth-order valence-electron chi connectivity index (χ4n) is 12.9. The van der Waals surface area contributed by atoms with E-state index in [4.69, 9.17) is 37.0 Å². The summed E-state index contributed by atoms with van der Waals surface area (Å²) in [4.78, 5) is 73.0. The number of hydrogen-bond donors (Lipinski definition) is 3. The fraction of sp³-hybridized carbons (Fsp3) is 0.952. The van der Waals surface area contributed by atoms with Crippen molar-refractivity contribution in [2.45, 2.75) is 464 Å². The molecule has 0 saturated carbocycles. The van der Waals surface area contributed by atoms with Gasteiger partial charge in [0.2, 0.25) is 0 Å². The largest absolute Gasteiger partial charge is 0.472 e. The van der Waals surface area contributed by atoms with Crippen LogP contribution in [0.2, 0.25) is 0 Å². The minimum atomic E-state index is -4.96. The van der Waals surface area contributed by atoms with Gasteiger partial charge in [0.15, 0.2) is 12.2 Å². The summed E-state index contributed by atoms with van der Waals surface area (Å²) in [7, 11) is -9.92. The van der Waals surface area contributed by atoms with Crippen molar-refractivity contribution in [3.8, 4) is 0 Å². The molecule has 0 bridgehead atoms. The van der Waals surface area contributed by atoms with Gasteiger partial charge in [0, 0.05) is 25.7 Å². The maximum Gasteiger partial charge on any atom is 0.472 e. The number of phosphoric acid groups is 2. The Morgan fingerprint density at radius 1 is 0.275 bits per heavy atom. The summed E-state index contributed by atoms with van der Waals surface area (Å²) < 4.78 is 68.7. The Hall–Kier alpha value is -1.94. The molecule has 19 heteroatoms. The molecule has 0 aromatic heterocycles. The molecule has 3 unspecified atom stereocenters. The van der Waals surface area contributed by atoms with Gasteiger partial charge in [0.1, 0.15) is 19.3 Å². The second-order valence-corrected chi connectivity index (χ2v) is 33.0. The summed E-state index contributed by atoms with van der Waals surface area (Å²) in [5.41, 5.74) is 0. The third-order valence-electron chi connectivity index (χ3n) is 19.9. The highest BCUT2D eigenvalue weighted by Gasteiger charge is 2.30. The van der Waals surface area contributed by atoms with Crippen LogP contribution in [0.3, 0.4) is 0 Å². The molecule has 0 rings (SSSR count). The number of hydrogen-bond acceptors (Lipinski definition) is 15. The van der Waals surface area contributed by atoms with Crippen LogP contribution in [0.1, 0.15) is 446 Å². The molecule has 0 spiro atoms. The Bertz CT molecular complexity index is 1950. The highest BCUT2D eigenvalue weighted by Crippen LogP contribution is 2.45. The maximum atomic E-state index is 13.1. The molecule has 0 heterocycles. The third kappa shape index (κ3) is 74.9. The summed E-state index contributed by atoms with van der Waals surface area (Å²) >= 11 is 0. The fourth-order valence-corrected chi connectivity index (χ4v) is 14.5. The number of aliphatic hydroxyl groups excluding tert-OH is 1. The smallest absolute Gasteiger partial charge is 0.462 e. The Kier molecular flexibility index (Phi) is 74.4. The van der Waals surface area contributed by atoms with Crippen molar-refractivity contribution >= 4 is 39.5 Å². The first-order chi connectivity index (χ1) is 49.6. The monoisotopic (exact) mass is 1490 g/mol. The van der Waals surface area contributed by atoms with E-state index in [2.05, 4.69) is 34.6 Å². The molecule has 3 N–H and O–H groups in total. The summed E-state index contributed by atoms with van der Waals surface area (Å²) in [5.74, 6) is -1.26. The van der Waals surface area contributed by atoms with Crippen molar-refractivity contribution in [1.82, 2.24) is 0 Å². The molecule has 17 nitrogen and oxygen atoms in total. The Balaban J connectivity index is 5.19. The van der Waals surface area contributed by atoms with Crippen LogP contribution in [0, 0.1) is 5.92 Å². The van der Waals surface area contributed by atoms with Gasteiger partial charge in [-0.05, 0) is 31.6 Å². The molecular formula is C83H162O17P2. The molecule has 0 aromatic rings. The lowest BCUT2D eigenvalue weighted by Crippen LogP contribution is -2.30. The maximum absolute atomic E-state index is 13.1. The van der Waals surface area contributed by atoms with Gasteiger partial charge in [0.05, 0.1) is 26.4 Å². The predicted molar refractivity (Wildman–Crippen MR) is 418 cm³/mol. The van der Waals surface area contributed by atoms with Crippen molar-refractivity contribution < 1.29 is 80.2 Å². The van der Waals surface area contributed by atoms with E-state index in [-0.39, 0.29) is 25.7 Å². The van der Waals surface area contributed by atoms with E-state index in [1.807, 2.05) is 0 Å². The van der Waals surface area contributed by atoms with Gasteiger partial charge >= 0.3 is 39.5 Å². The first-order valence-electron chi connectivity index (χ1n) is 43.2. The molecule has 0 saturated heterocycles. The van der Waals surface area contributed by atoms with E-state index in [0.717, 1.165) is 95.8 Å². The van der Waals surface area contributed by atoms with Crippen molar-refractivity contribution in [3.63, 3.8) is 0 Å². The predicted octanol–water partition coefficient (Wildman–Crippen LogP) is 25.2. The van der Waals surface area contributed by atoms with Crippen molar-refractivity contribution in [3.05, 3.63) is 0 Å². The van der Waals surface area contributed by atoms with Crippen LogP contribution < -0.4 is 0 Å². The SMILES string of the molecule is CCCCCCCCCCCCCCCCCCCCCCCCC(=O)O[C@H](COC(=O)CCCCCCCCCCCCCCCCC(C)CC)COP(=O)(O)OC[C@@H](O)COP(=O)(O)OC[C@@H](COC(=O)CCCCCCCCCCC)OC(=O)CCCCCCCCCCCCCCC. The number of rotatable bonds is 83. The minimum Gasteiger partial charge on any atom is -0.462 e. The van der Waals surface area contributed by atoms with Crippen molar-refractivity contribution in [1.29, 1.82) is 0 Å². The molecule has 102 heavy (non-hydrogen) atoms. The molecule has 0 amide bonds. The van der Waals surface area contributed by atoms with E-state index in [0.29, 0.717) is 25.7 Å². The second kappa shape index (κ2) is 75.9. The molecule has 0 aromatic carbocycles. The number of ether oxygens (including phenoxy) is 4. The van der Waals surface area contributed by atoms with E-state index < -0.39 is 97.5 Å². The first kappa shape index (κ1) is 100. The standard InChI is InChI=1S/C83H162O17P2/c1-6-10-13-16-19-22-24-26-27-28-29-30-31-32-33-34-40-44-49-54-59-64-69-83(88)100-79(73-94-81(86)67-62-57-52-47-42-39-36-35-38-41-46-50-55-60-65-76(5)9-4)75-98-102(91,92)96-71-77(84)70-95-101(89,90)97-74-78(72-93-80(85)66-61-56-51-45-21-18-15-12-8-3)99-82(87)68-63-58-53-48-43-37-25-23-20-17-14-11-7-2/h76-79,84H,6-75H2,1-5H3,(H,89,90)(H,91,92)/t76?,77-,78+,79+/m0/s1. The van der Waals surface area contributed by atoms with Crippen LogP contribution in [0.4, 0.5) is 0 Å². The number of carbonyl (C=O) groups is 4. The quantitative estimate of drug-likeness (QED) is 0.0222. The molecule has 6 atom stereocenters. The minimum absolute atomic E-state index is 0.108. The van der Waals surface area contributed by atoms with Crippen molar-refractivity contribution in [2.24, 2.45) is 5.92 Å². The van der Waals surface area contributed by atoms with Gasteiger partial charge in [-0.25, -0.2) is 9.13 Å². The lowest BCUT2D eigenvalue weighted by Gasteiger charge is -2.21. The average Bonchev–Trinajstić information content (AvgIpc) is 0.996. The normalized spacial score (nSPS) is 14.1. The summed E-state index contributed by atoms with van der Waals surface area (Å²) in [6.07, 6.45) is 68.0. The lowest BCUT2D eigenvalue weighted by molar-refractivity contribution is -0.161. The number of phosphoric ester groups is 2. The first-order valence-corrected chi connectivity index (χ1v) is 46.2. The van der Waals surface area contributed by atoms with Crippen LogP contribution in [0.15, 0.2) is 0 Å². The van der Waals surface area contributed by atoms with Crippen LogP contribution in [-0.4, -0.2) is 96.7 Å². The number of carbonyl (C=O) groups excluding carboxylic acids is 4. The topological polar surface area (TPSA) is 237 Å². The highest BCUT2D eigenvalue weighted by atomic mass is 31.2. The number of unbranched alkanes of at least 4 members (excludes halogenated alkanes) is 54. The van der Waals surface area contributed by atoms with E-state index in [9.17, 15) is 43.2 Å². The van der Waals surface area contributed by atoms with Gasteiger partial charge in [-0.15, -0.1) is 0 Å². The summed E-state index contributed by atoms with van der Waals surface area (Å²) in [6, 6.07) is 0. The number of aliphatic hydroxyl groups is 1. The average molecular weight is 1490 g/mol. The van der Waals surface area contributed by atoms with E-state index in [1.54, 1.807) is 0 Å². The molecule has 606 valence electrons. The van der Waals surface area contributed by atoms with Gasteiger partial charge < -0.3 is 33.8 Å². The zero-order valence-corrected chi connectivity index (χ0v) is 68.5. The van der Waals surface area contributed by atoms with Crippen molar-refractivity contribution in [2.75, 3.05) is 39.6 Å². The zero-order chi connectivity index (χ0) is 74.8. The van der Waals surface area contributed by atoms with Gasteiger partial charge in [0.25, 0.3) is 0 Å². The zero-order valence-electron chi connectivity index (χ0n) is 66.8. The summed E-state index contributed by atoms with van der Waals surface area (Å²) in [6.45, 7) is 7.38. The Morgan fingerprint density at radius 3 is 0.696 bits per heavy atom. The summed E-state index contributed by atoms with van der Waals surface area (Å²) in [5, 5.41) is 10.6. The Morgan fingerprint density at radius 2 is 0.471 bits per heavy atom. The van der Waals surface area contributed by atoms with Crippen LogP contribution >= 0.6 is 15.6 Å². The molecule has 0 aliphatic rings. The van der Waals surface area contributed by atoms with E-state index in [1.165, 1.54) is 270 Å². The molecule has 0 aliphatic heterocycles. The van der Waals surface area contributed by atoms with Gasteiger partial charge in [-0.3, -0.25) is 37.3 Å². The van der Waals surface area contributed by atoms with Crippen LogP contribution in [-0.2, 0) is 65.4 Å². The second-order valence-electron chi connectivity index (χ2n) is 30.1. The highest BCUT2D eigenvalue weighted by molar-refractivity contribution is 7.47. The lowest BCUT2D eigenvalue weighted by atomic mass is 9.99. The number of esters is 4. The molecular weight excluding hydrogens is 1330 g/mol. The van der Waals surface area contributed by atoms with Crippen LogP contribution in [0.5, 0.6) is 0 Å². The third-order valence-corrected chi connectivity index (χ3v) is 21.8. The molecule has 0 aliphatic carbocycles. The van der Waals surface area contributed by atoms with Gasteiger partial charge in [-0.2, -0.15) is 0 Å². The Labute approximate surface area is 626 Å². The van der Waals surface area contributed by atoms with E-state index >= 15 is 0 Å². The van der Waals surface area contributed by atoms with Gasteiger partial charge in [-0.1, -0.05) is 394 Å². The van der Waals surface area contributed by atoms with Crippen LogP contribution in [0.25, 0.3) is 0 Å². The molecule has 0 radical (unpaired) electrons. The molecule has 0 fully saturated rings.